The Balaban J connectivity index is 1.53. The molecular weight excluding hydrogens is 438 g/mol. The number of pyridine rings is 1. The standard InChI is InChI=1S/C28H33N5O2/c1-6-33(7-2)15-16-35-23-13-11-22(12-14-23)30-28-29-18-21-17-24(27(34)32(5)26(21)31-28)25-19(3)9-8-10-20(25)4/h8-14,17-18H,6-7,15-16H2,1-5H3,(H,29,30,31). The highest BCUT2D eigenvalue weighted by Gasteiger charge is 2.14. The summed E-state index contributed by atoms with van der Waals surface area (Å²) in [4.78, 5) is 24.7. The normalized spacial score (nSPS) is 11.3. The second-order valence-corrected chi connectivity index (χ2v) is 8.69. The lowest BCUT2D eigenvalue weighted by Crippen LogP contribution is -2.27. The monoisotopic (exact) mass is 471 g/mol. The van der Waals surface area contributed by atoms with Gasteiger partial charge in [0.25, 0.3) is 5.56 Å². The van der Waals surface area contributed by atoms with Crippen LogP contribution in [-0.4, -0.2) is 45.7 Å². The van der Waals surface area contributed by atoms with E-state index in [1.165, 1.54) is 0 Å². The zero-order valence-corrected chi connectivity index (χ0v) is 21.1. The van der Waals surface area contributed by atoms with E-state index in [1.54, 1.807) is 17.8 Å². The third-order valence-electron chi connectivity index (χ3n) is 6.38. The Hall–Kier alpha value is -3.71. The van der Waals surface area contributed by atoms with Gasteiger partial charge < -0.3 is 15.0 Å². The molecule has 0 aliphatic rings. The predicted octanol–water partition coefficient (Wildman–Crippen LogP) is 5.08. The number of aromatic nitrogens is 3. The number of benzene rings is 2. The van der Waals surface area contributed by atoms with E-state index in [1.807, 2.05) is 62.4 Å². The molecule has 0 aliphatic carbocycles. The number of nitrogens with zero attached hydrogens (tertiary/aromatic N) is 4. The number of fused-ring (bicyclic) bond motifs is 1. The van der Waals surface area contributed by atoms with Crippen LogP contribution in [0.25, 0.3) is 22.2 Å². The highest BCUT2D eigenvalue weighted by molar-refractivity contribution is 5.83. The first-order valence-electron chi connectivity index (χ1n) is 12.1. The Bertz CT molecular complexity index is 1350. The van der Waals surface area contributed by atoms with E-state index in [0.717, 1.165) is 53.1 Å². The van der Waals surface area contributed by atoms with Gasteiger partial charge in [0.15, 0.2) is 0 Å². The van der Waals surface area contributed by atoms with Crippen molar-refractivity contribution in [3.8, 4) is 16.9 Å². The minimum Gasteiger partial charge on any atom is -0.492 e. The van der Waals surface area contributed by atoms with Crippen LogP contribution in [0, 0.1) is 13.8 Å². The lowest BCUT2D eigenvalue weighted by atomic mass is 9.96. The Kier molecular flexibility index (Phi) is 7.46. The second-order valence-electron chi connectivity index (χ2n) is 8.69. The number of anilines is 2. The van der Waals surface area contributed by atoms with Gasteiger partial charge in [-0.15, -0.1) is 0 Å². The van der Waals surface area contributed by atoms with Gasteiger partial charge in [0, 0.05) is 36.4 Å². The molecule has 0 atom stereocenters. The van der Waals surface area contributed by atoms with Crippen molar-refractivity contribution in [3.63, 3.8) is 0 Å². The Morgan fingerprint density at radius 2 is 1.71 bits per heavy atom. The molecule has 2 aromatic carbocycles. The molecule has 0 unspecified atom stereocenters. The summed E-state index contributed by atoms with van der Waals surface area (Å²) >= 11 is 0. The fourth-order valence-corrected chi connectivity index (χ4v) is 4.32. The van der Waals surface area contributed by atoms with Crippen LogP contribution >= 0.6 is 0 Å². The molecule has 7 nitrogen and oxygen atoms in total. The van der Waals surface area contributed by atoms with Crippen LogP contribution in [0.2, 0.25) is 0 Å². The van der Waals surface area contributed by atoms with Crippen molar-refractivity contribution in [3.05, 3.63) is 76.2 Å². The second kappa shape index (κ2) is 10.7. The maximum absolute atomic E-state index is 13.2. The highest BCUT2D eigenvalue weighted by atomic mass is 16.5. The van der Waals surface area contributed by atoms with Gasteiger partial charge >= 0.3 is 0 Å². The smallest absolute Gasteiger partial charge is 0.259 e. The molecule has 0 fully saturated rings. The third-order valence-corrected chi connectivity index (χ3v) is 6.38. The quantitative estimate of drug-likeness (QED) is 0.367. The summed E-state index contributed by atoms with van der Waals surface area (Å²) in [5, 5.41) is 4.04. The van der Waals surface area contributed by atoms with Gasteiger partial charge in [0.1, 0.15) is 18.0 Å². The molecule has 0 spiro atoms. The Morgan fingerprint density at radius 1 is 1.03 bits per heavy atom. The minimum absolute atomic E-state index is 0.0780. The number of hydrogen-bond donors (Lipinski definition) is 1. The number of hydrogen-bond acceptors (Lipinski definition) is 6. The van der Waals surface area contributed by atoms with E-state index in [4.69, 9.17) is 4.74 Å². The van der Waals surface area contributed by atoms with E-state index in [-0.39, 0.29) is 5.56 Å². The van der Waals surface area contributed by atoms with Crippen LogP contribution in [0.5, 0.6) is 5.75 Å². The first-order chi connectivity index (χ1) is 16.9. The molecule has 182 valence electrons. The van der Waals surface area contributed by atoms with Crippen molar-refractivity contribution in [1.29, 1.82) is 0 Å². The SMILES string of the molecule is CCN(CC)CCOc1ccc(Nc2ncc3cc(-c4c(C)cccc4C)c(=O)n(C)c3n2)cc1. The zero-order chi connectivity index (χ0) is 24.9. The fraction of sp³-hybridized carbons (Fsp3) is 0.321. The topological polar surface area (TPSA) is 72.3 Å². The average Bonchev–Trinajstić information content (AvgIpc) is 2.86. The van der Waals surface area contributed by atoms with Crippen molar-refractivity contribution in [2.24, 2.45) is 7.05 Å². The van der Waals surface area contributed by atoms with Crippen LogP contribution in [-0.2, 0) is 7.05 Å². The first-order valence-corrected chi connectivity index (χ1v) is 12.1. The van der Waals surface area contributed by atoms with Crippen molar-refractivity contribution < 1.29 is 4.74 Å². The third kappa shape index (κ3) is 5.35. The molecule has 0 saturated heterocycles. The molecule has 2 heterocycles. The maximum atomic E-state index is 13.2. The van der Waals surface area contributed by atoms with Gasteiger partial charge in [-0.2, -0.15) is 4.98 Å². The predicted molar refractivity (Wildman–Crippen MR) is 143 cm³/mol. The molecule has 4 aromatic rings. The molecule has 35 heavy (non-hydrogen) atoms. The minimum atomic E-state index is -0.0780. The van der Waals surface area contributed by atoms with E-state index < -0.39 is 0 Å². The van der Waals surface area contributed by atoms with Crippen LogP contribution in [0.15, 0.2) is 59.5 Å². The lowest BCUT2D eigenvalue weighted by Gasteiger charge is -2.18. The molecule has 0 aliphatic heterocycles. The van der Waals surface area contributed by atoms with Gasteiger partial charge in [-0.3, -0.25) is 9.36 Å². The van der Waals surface area contributed by atoms with Crippen LogP contribution < -0.4 is 15.6 Å². The average molecular weight is 472 g/mol. The van der Waals surface area contributed by atoms with Gasteiger partial charge in [0.2, 0.25) is 5.95 Å². The Morgan fingerprint density at radius 3 is 2.37 bits per heavy atom. The van der Waals surface area contributed by atoms with Crippen molar-refractivity contribution >= 4 is 22.7 Å². The number of nitrogens with one attached hydrogen (secondary N) is 1. The molecule has 2 aromatic heterocycles. The molecule has 0 radical (unpaired) electrons. The van der Waals surface area contributed by atoms with Gasteiger partial charge in [-0.05, 0) is 74.0 Å². The molecule has 0 bridgehead atoms. The Labute approximate surface area is 206 Å². The molecule has 0 amide bonds. The van der Waals surface area contributed by atoms with Gasteiger partial charge in [-0.1, -0.05) is 32.0 Å². The molecule has 0 saturated carbocycles. The number of likely N-dealkylation sites (N-methyl/N-ethyl adjacent to an activating group) is 1. The number of rotatable bonds is 9. The van der Waals surface area contributed by atoms with E-state index in [9.17, 15) is 4.79 Å². The highest BCUT2D eigenvalue weighted by Crippen LogP contribution is 2.27. The van der Waals surface area contributed by atoms with E-state index in [2.05, 4.69) is 34.0 Å². The largest absolute Gasteiger partial charge is 0.492 e. The van der Waals surface area contributed by atoms with Gasteiger partial charge in [0.05, 0.1) is 0 Å². The summed E-state index contributed by atoms with van der Waals surface area (Å²) in [5.41, 5.74) is 5.12. The number of aryl methyl sites for hydroxylation is 3. The van der Waals surface area contributed by atoms with Crippen LogP contribution in [0.4, 0.5) is 11.6 Å². The van der Waals surface area contributed by atoms with E-state index >= 15 is 0 Å². The zero-order valence-electron chi connectivity index (χ0n) is 21.1. The molecule has 1 N–H and O–H groups in total. The summed E-state index contributed by atoms with van der Waals surface area (Å²) in [6.45, 7) is 12.0. The van der Waals surface area contributed by atoms with E-state index in [0.29, 0.717) is 23.8 Å². The van der Waals surface area contributed by atoms with Crippen molar-refractivity contribution in [1.82, 2.24) is 19.4 Å². The summed E-state index contributed by atoms with van der Waals surface area (Å²) in [7, 11) is 1.75. The lowest BCUT2D eigenvalue weighted by molar-refractivity contribution is 0.223. The summed E-state index contributed by atoms with van der Waals surface area (Å²) in [6.07, 6.45) is 1.76. The van der Waals surface area contributed by atoms with Crippen LogP contribution in [0.1, 0.15) is 25.0 Å². The van der Waals surface area contributed by atoms with Gasteiger partial charge in [-0.25, -0.2) is 4.98 Å². The maximum Gasteiger partial charge on any atom is 0.259 e. The summed E-state index contributed by atoms with van der Waals surface area (Å²) in [5.74, 6) is 1.26. The van der Waals surface area contributed by atoms with Crippen molar-refractivity contribution in [2.75, 3.05) is 31.6 Å². The molecule has 7 heteroatoms. The van der Waals surface area contributed by atoms with Crippen LogP contribution in [0.3, 0.4) is 0 Å². The fourth-order valence-electron chi connectivity index (χ4n) is 4.32. The summed E-state index contributed by atoms with van der Waals surface area (Å²) in [6, 6.07) is 15.7. The number of ether oxygens (including phenoxy) is 1. The van der Waals surface area contributed by atoms with Crippen molar-refractivity contribution in [2.45, 2.75) is 27.7 Å². The first kappa shape index (κ1) is 24.4. The molecule has 4 rings (SSSR count). The molecular formula is C28H33N5O2. The summed E-state index contributed by atoms with van der Waals surface area (Å²) < 4.78 is 7.45.